The number of rotatable bonds is 37. The molecule has 2 unspecified atom stereocenters. The second-order valence-electron chi connectivity index (χ2n) is 13.2. The van der Waals surface area contributed by atoms with E-state index in [0.717, 1.165) is 77.0 Å². The lowest BCUT2D eigenvalue weighted by molar-refractivity contribution is -0.147. The highest BCUT2D eigenvalue weighted by Crippen LogP contribution is 2.42. The molecular weight excluding hydrogens is 689 g/mol. The third-order valence-corrected chi connectivity index (χ3v) is 9.10. The van der Waals surface area contributed by atoms with Crippen molar-refractivity contribution in [1.29, 1.82) is 0 Å². The fourth-order valence-electron chi connectivity index (χ4n) is 5.06. The van der Waals surface area contributed by atoms with E-state index in [9.17, 15) is 24.2 Å². The molecule has 0 aliphatic carbocycles. The Kier molecular flexibility index (Phi) is 37.3. The van der Waals surface area contributed by atoms with Crippen LogP contribution in [0.3, 0.4) is 0 Å². The SMILES string of the molecule is CC/C=C\C/C=C\C/C=C\C/C=C\C/C=C\CCCC(=O)NCCOP(=O)(O)OCC(O)COC(=O)CCCCCCC/C=C\CCCCCCCC. The van der Waals surface area contributed by atoms with Crippen LogP contribution < -0.4 is 5.32 Å². The van der Waals surface area contributed by atoms with Crippen LogP contribution in [0.1, 0.15) is 155 Å². The number of carbonyl (C=O) groups excluding carboxylic acids is 2. The number of allylic oxidation sites excluding steroid dienone is 12. The Bertz CT molecular complexity index is 1100. The Morgan fingerprint density at radius 1 is 0.604 bits per heavy atom. The first-order valence-electron chi connectivity index (χ1n) is 20.4. The molecule has 1 amide bonds. The molecule has 0 radical (unpaired) electrons. The molecule has 0 aromatic heterocycles. The van der Waals surface area contributed by atoms with E-state index in [2.05, 4.69) is 92.1 Å². The van der Waals surface area contributed by atoms with Gasteiger partial charge in [-0.05, 0) is 77.0 Å². The average Bonchev–Trinajstić information content (AvgIpc) is 3.14. The van der Waals surface area contributed by atoms with Gasteiger partial charge in [-0.1, -0.05) is 138 Å². The molecule has 9 nitrogen and oxygen atoms in total. The molecule has 2 atom stereocenters. The maximum Gasteiger partial charge on any atom is 0.472 e. The van der Waals surface area contributed by atoms with Gasteiger partial charge >= 0.3 is 13.8 Å². The molecule has 0 rings (SSSR count). The molecule has 0 heterocycles. The van der Waals surface area contributed by atoms with Crippen molar-refractivity contribution in [2.24, 2.45) is 0 Å². The molecule has 0 saturated carbocycles. The summed E-state index contributed by atoms with van der Waals surface area (Å²) >= 11 is 0. The van der Waals surface area contributed by atoms with Crippen LogP contribution in [0.15, 0.2) is 72.9 Å². The summed E-state index contributed by atoms with van der Waals surface area (Å²) in [4.78, 5) is 33.8. The first kappa shape index (κ1) is 50.5. The van der Waals surface area contributed by atoms with Crippen molar-refractivity contribution in [3.63, 3.8) is 0 Å². The number of esters is 1. The van der Waals surface area contributed by atoms with Crippen molar-refractivity contribution in [3.05, 3.63) is 72.9 Å². The van der Waals surface area contributed by atoms with E-state index in [0.29, 0.717) is 12.8 Å². The number of carbonyl (C=O) groups is 2. The van der Waals surface area contributed by atoms with Gasteiger partial charge in [-0.15, -0.1) is 0 Å². The van der Waals surface area contributed by atoms with E-state index in [1.807, 2.05) is 0 Å². The normalized spacial score (nSPS) is 14.1. The number of hydrogen-bond donors (Lipinski definition) is 3. The minimum atomic E-state index is -4.43. The maximum absolute atomic E-state index is 12.1. The van der Waals surface area contributed by atoms with Crippen LogP contribution >= 0.6 is 7.82 Å². The van der Waals surface area contributed by atoms with Gasteiger partial charge < -0.3 is 20.1 Å². The predicted octanol–water partition coefficient (Wildman–Crippen LogP) is 11.1. The van der Waals surface area contributed by atoms with Gasteiger partial charge in [0, 0.05) is 19.4 Å². The van der Waals surface area contributed by atoms with Gasteiger partial charge in [-0.25, -0.2) is 4.57 Å². The van der Waals surface area contributed by atoms with Crippen LogP contribution in [0, 0.1) is 0 Å². The molecule has 0 bridgehead atoms. The lowest BCUT2D eigenvalue weighted by Gasteiger charge is -2.15. The Hall–Kier alpha value is -2.55. The maximum atomic E-state index is 12.1. The van der Waals surface area contributed by atoms with Gasteiger partial charge in [-0.3, -0.25) is 18.6 Å². The molecule has 0 saturated heterocycles. The number of hydrogen-bond acceptors (Lipinski definition) is 7. The highest BCUT2D eigenvalue weighted by atomic mass is 31.2. The van der Waals surface area contributed by atoms with Gasteiger partial charge in [0.25, 0.3) is 0 Å². The van der Waals surface area contributed by atoms with E-state index < -0.39 is 26.5 Å². The minimum absolute atomic E-state index is 0.0466. The van der Waals surface area contributed by atoms with Crippen molar-refractivity contribution in [2.75, 3.05) is 26.4 Å². The molecule has 0 spiro atoms. The molecule has 0 aromatic carbocycles. The smallest absolute Gasteiger partial charge is 0.463 e. The van der Waals surface area contributed by atoms with Crippen LogP contribution in [0.5, 0.6) is 0 Å². The summed E-state index contributed by atoms with van der Waals surface area (Å²) in [6.07, 6.45) is 46.9. The summed E-state index contributed by atoms with van der Waals surface area (Å²) in [5, 5.41) is 12.6. The van der Waals surface area contributed by atoms with Crippen molar-refractivity contribution < 1.29 is 37.9 Å². The average molecular weight is 764 g/mol. The van der Waals surface area contributed by atoms with E-state index in [4.69, 9.17) is 13.8 Å². The molecule has 304 valence electrons. The van der Waals surface area contributed by atoms with E-state index in [1.165, 1.54) is 44.9 Å². The van der Waals surface area contributed by atoms with Gasteiger partial charge in [0.15, 0.2) is 0 Å². The predicted molar refractivity (Wildman–Crippen MR) is 219 cm³/mol. The summed E-state index contributed by atoms with van der Waals surface area (Å²) in [5.41, 5.74) is 0. The lowest BCUT2D eigenvalue weighted by atomic mass is 10.1. The number of ether oxygens (including phenoxy) is 1. The summed E-state index contributed by atoms with van der Waals surface area (Å²) < 4.78 is 26.8. The van der Waals surface area contributed by atoms with Crippen molar-refractivity contribution in [3.8, 4) is 0 Å². The van der Waals surface area contributed by atoms with Gasteiger partial charge in [0.1, 0.15) is 12.7 Å². The fraction of sp³-hybridized carbons (Fsp3) is 0.674. The second-order valence-corrected chi connectivity index (χ2v) is 14.7. The highest BCUT2D eigenvalue weighted by Gasteiger charge is 2.23. The number of aliphatic hydroxyl groups excluding tert-OH is 1. The van der Waals surface area contributed by atoms with Crippen LogP contribution in [0.4, 0.5) is 0 Å². The summed E-state index contributed by atoms with van der Waals surface area (Å²) in [5.74, 6) is -0.590. The zero-order valence-corrected chi connectivity index (χ0v) is 34.1. The van der Waals surface area contributed by atoms with Crippen LogP contribution in [-0.2, 0) is 27.9 Å². The number of unbranched alkanes of at least 4 members (excludes halogenated alkanes) is 12. The standard InChI is InChI=1S/C43H74NO8P/c1-3-5-7-9-11-13-15-17-19-20-22-23-25-27-29-31-33-35-42(46)44-37-38-51-53(48,49)52-40-41(45)39-50-43(47)36-34-32-30-28-26-24-21-18-16-14-12-10-8-6-4-2/h5,7,11,13,17-19,21-23,27,29,41,45H,3-4,6,8-10,12,14-16,20,24-26,28,30-40H2,1-2H3,(H,44,46)(H,48,49)/b7-5-,13-11-,19-17-,21-18-,23-22-,29-27-. The molecule has 0 aliphatic rings. The fourth-order valence-corrected chi connectivity index (χ4v) is 5.81. The summed E-state index contributed by atoms with van der Waals surface area (Å²) in [6.45, 7) is 3.33. The van der Waals surface area contributed by atoms with E-state index in [-0.39, 0.29) is 32.1 Å². The summed E-state index contributed by atoms with van der Waals surface area (Å²) in [6, 6.07) is 0. The van der Waals surface area contributed by atoms with Crippen molar-refractivity contribution in [2.45, 2.75) is 161 Å². The number of phosphoric ester groups is 1. The minimum Gasteiger partial charge on any atom is -0.463 e. The lowest BCUT2D eigenvalue weighted by Crippen LogP contribution is -2.27. The highest BCUT2D eigenvalue weighted by molar-refractivity contribution is 7.47. The first-order valence-corrected chi connectivity index (χ1v) is 21.9. The van der Waals surface area contributed by atoms with Crippen LogP contribution in [0.25, 0.3) is 0 Å². The topological polar surface area (TPSA) is 131 Å². The van der Waals surface area contributed by atoms with Crippen molar-refractivity contribution in [1.82, 2.24) is 5.32 Å². The van der Waals surface area contributed by atoms with Gasteiger partial charge in [0.05, 0.1) is 13.2 Å². The first-order chi connectivity index (χ1) is 25.8. The molecular formula is C43H74NO8P. The molecule has 0 aromatic rings. The molecule has 10 heteroatoms. The number of phosphoric acid groups is 1. The number of amides is 1. The van der Waals surface area contributed by atoms with Gasteiger partial charge in [0.2, 0.25) is 5.91 Å². The molecule has 0 aliphatic heterocycles. The monoisotopic (exact) mass is 764 g/mol. The molecule has 53 heavy (non-hydrogen) atoms. The quantitative estimate of drug-likeness (QED) is 0.0247. The Morgan fingerprint density at radius 3 is 1.68 bits per heavy atom. The zero-order chi connectivity index (χ0) is 38.9. The zero-order valence-electron chi connectivity index (χ0n) is 33.2. The van der Waals surface area contributed by atoms with Gasteiger partial charge in [-0.2, -0.15) is 0 Å². The molecule has 3 N–H and O–H groups in total. The number of nitrogens with one attached hydrogen (secondary N) is 1. The van der Waals surface area contributed by atoms with Crippen LogP contribution in [-0.4, -0.2) is 54.3 Å². The Morgan fingerprint density at radius 2 is 1.09 bits per heavy atom. The third-order valence-electron chi connectivity index (χ3n) is 8.12. The van der Waals surface area contributed by atoms with E-state index >= 15 is 0 Å². The van der Waals surface area contributed by atoms with E-state index in [1.54, 1.807) is 0 Å². The Labute approximate surface area is 322 Å². The van der Waals surface area contributed by atoms with Crippen LogP contribution in [0.2, 0.25) is 0 Å². The Balaban J connectivity index is 3.72. The summed E-state index contributed by atoms with van der Waals surface area (Å²) in [7, 11) is -4.43. The second kappa shape index (κ2) is 39.2. The van der Waals surface area contributed by atoms with Crippen molar-refractivity contribution >= 4 is 19.7 Å². The molecule has 0 fully saturated rings. The number of aliphatic hydroxyl groups is 1. The third kappa shape index (κ3) is 40.5. The largest absolute Gasteiger partial charge is 0.472 e.